The molecule has 0 spiro atoms. The van der Waals surface area contributed by atoms with Crippen LogP contribution >= 0.6 is 0 Å². The number of nitrogens with one attached hydrogen (secondary N) is 1. The highest BCUT2D eigenvalue weighted by Gasteiger charge is 2.31. The van der Waals surface area contributed by atoms with Crippen LogP contribution in [0, 0.1) is 0 Å². The number of aromatic amines is 1. The molecule has 5 heteroatoms. The Morgan fingerprint density at radius 1 is 1.53 bits per heavy atom. The fourth-order valence-electron chi connectivity index (χ4n) is 2.30. The van der Waals surface area contributed by atoms with Crippen molar-refractivity contribution in [3.05, 3.63) is 18.0 Å². The summed E-state index contributed by atoms with van der Waals surface area (Å²) in [6, 6.07) is 2.01. The molecule has 17 heavy (non-hydrogen) atoms. The van der Waals surface area contributed by atoms with Crippen LogP contribution in [0.4, 0.5) is 0 Å². The lowest BCUT2D eigenvalue weighted by Crippen LogP contribution is -2.53. The van der Waals surface area contributed by atoms with Gasteiger partial charge in [0.1, 0.15) is 0 Å². The van der Waals surface area contributed by atoms with Gasteiger partial charge in [-0.05, 0) is 32.8 Å². The summed E-state index contributed by atoms with van der Waals surface area (Å²) in [5.74, 6) is 0.531. The largest absolute Gasteiger partial charge is 0.341 e. The summed E-state index contributed by atoms with van der Waals surface area (Å²) >= 11 is 0. The Morgan fingerprint density at radius 2 is 2.18 bits per heavy atom. The number of nitrogens with zero attached hydrogens (tertiary/aromatic N) is 2. The predicted octanol–water partition coefficient (Wildman–Crippen LogP) is 0.853. The lowest BCUT2D eigenvalue weighted by molar-refractivity contribution is -0.136. The van der Waals surface area contributed by atoms with E-state index in [2.05, 4.69) is 10.2 Å². The Morgan fingerprint density at radius 3 is 2.65 bits per heavy atom. The molecule has 2 rings (SSSR count). The average Bonchev–Trinajstić information content (AvgIpc) is 2.80. The highest BCUT2D eigenvalue weighted by molar-refractivity contribution is 5.85. The third kappa shape index (κ3) is 2.66. The number of amides is 1. The third-order valence-electron chi connectivity index (χ3n) is 3.30. The topological polar surface area (TPSA) is 75.0 Å². The van der Waals surface area contributed by atoms with Crippen LogP contribution in [-0.4, -0.2) is 39.6 Å². The van der Waals surface area contributed by atoms with Crippen LogP contribution in [0.25, 0.3) is 0 Å². The zero-order chi connectivity index (χ0) is 12.5. The summed E-state index contributed by atoms with van der Waals surface area (Å²) < 4.78 is 0. The van der Waals surface area contributed by atoms with Crippen molar-refractivity contribution in [2.75, 3.05) is 13.1 Å². The van der Waals surface area contributed by atoms with Gasteiger partial charge in [0.15, 0.2) is 0 Å². The van der Waals surface area contributed by atoms with Crippen molar-refractivity contribution in [1.82, 2.24) is 15.1 Å². The maximum Gasteiger partial charge on any atom is 0.242 e. The van der Waals surface area contributed by atoms with Gasteiger partial charge in [0.25, 0.3) is 0 Å². The molecule has 94 valence electrons. The number of rotatable bonds is 2. The zero-order valence-electron chi connectivity index (χ0n) is 10.4. The van der Waals surface area contributed by atoms with E-state index in [0.717, 1.165) is 25.9 Å². The number of piperidine rings is 1. The molecule has 1 saturated heterocycles. The number of carbonyl (C=O) groups is 1. The van der Waals surface area contributed by atoms with E-state index in [9.17, 15) is 4.79 Å². The molecule has 0 bridgehead atoms. The second kappa shape index (κ2) is 4.49. The number of nitrogens with two attached hydrogens (primary N) is 1. The minimum absolute atomic E-state index is 0.0422. The van der Waals surface area contributed by atoms with Gasteiger partial charge in [0.05, 0.1) is 5.54 Å². The van der Waals surface area contributed by atoms with Gasteiger partial charge in [-0.3, -0.25) is 9.89 Å². The molecule has 3 N–H and O–H groups in total. The van der Waals surface area contributed by atoms with Crippen molar-refractivity contribution in [2.45, 2.75) is 38.1 Å². The number of hydrogen-bond acceptors (Lipinski definition) is 3. The maximum atomic E-state index is 12.0. The molecule has 2 heterocycles. The van der Waals surface area contributed by atoms with Gasteiger partial charge in [-0.2, -0.15) is 5.10 Å². The minimum atomic E-state index is -0.763. The molecule has 1 fully saturated rings. The third-order valence-corrected chi connectivity index (χ3v) is 3.30. The summed E-state index contributed by atoms with van der Waals surface area (Å²) in [5, 5.41) is 6.97. The van der Waals surface area contributed by atoms with E-state index in [0.29, 0.717) is 5.92 Å². The summed E-state index contributed by atoms with van der Waals surface area (Å²) in [6.07, 6.45) is 3.73. The summed E-state index contributed by atoms with van der Waals surface area (Å²) in [5.41, 5.74) is 6.24. The van der Waals surface area contributed by atoms with Crippen LogP contribution in [0.3, 0.4) is 0 Å². The van der Waals surface area contributed by atoms with E-state index in [1.807, 2.05) is 11.0 Å². The van der Waals surface area contributed by atoms with Gasteiger partial charge in [0.2, 0.25) is 5.91 Å². The number of H-pyrrole nitrogens is 1. The Hall–Kier alpha value is -1.36. The van der Waals surface area contributed by atoms with Crippen LogP contribution in [0.1, 0.15) is 38.3 Å². The van der Waals surface area contributed by atoms with Gasteiger partial charge in [-0.15, -0.1) is 0 Å². The van der Waals surface area contributed by atoms with E-state index < -0.39 is 5.54 Å². The first-order chi connectivity index (χ1) is 7.98. The Balaban J connectivity index is 1.93. The molecular weight excluding hydrogens is 216 g/mol. The SMILES string of the molecule is CC(C)(N)C(=O)N1CCC(c2ccn[nH]2)CC1. The first-order valence-corrected chi connectivity index (χ1v) is 6.06. The van der Waals surface area contributed by atoms with E-state index in [4.69, 9.17) is 5.73 Å². The van der Waals surface area contributed by atoms with Gasteiger partial charge < -0.3 is 10.6 Å². The second-order valence-electron chi connectivity index (χ2n) is 5.30. The van der Waals surface area contributed by atoms with Crippen molar-refractivity contribution in [1.29, 1.82) is 0 Å². The number of carbonyl (C=O) groups excluding carboxylic acids is 1. The van der Waals surface area contributed by atoms with Crippen molar-refractivity contribution in [2.24, 2.45) is 5.73 Å². The molecule has 0 unspecified atom stereocenters. The zero-order valence-corrected chi connectivity index (χ0v) is 10.4. The summed E-state index contributed by atoms with van der Waals surface area (Å²) in [4.78, 5) is 13.9. The van der Waals surface area contributed by atoms with Gasteiger partial charge in [-0.1, -0.05) is 0 Å². The van der Waals surface area contributed by atoms with E-state index in [1.54, 1.807) is 20.0 Å². The highest BCUT2D eigenvalue weighted by atomic mass is 16.2. The molecule has 0 aromatic carbocycles. The first-order valence-electron chi connectivity index (χ1n) is 6.06. The quantitative estimate of drug-likeness (QED) is 0.799. The molecule has 1 aromatic heterocycles. The predicted molar refractivity (Wildman–Crippen MR) is 65.4 cm³/mol. The number of aromatic nitrogens is 2. The molecule has 1 aliphatic rings. The van der Waals surface area contributed by atoms with Gasteiger partial charge >= 0.3 is 0 Å². The molecule has 0 atom stereocenters. The van der Waals surface area contributed by atoms with Crippen molar-refractivity contribution >= 4 is 5.91 Å². The fraction of sp³-hybridized carbons (Fsp3) is 0.667. The average molecular weight is 236 g/mol. The first kappa shape index (κ1) is 12.1. The van der Waals surface area contributed by atoms with Gasteiger partial charge in [0, 0.05) is 30.9 Å². The molecular formula is C12H20N4O. The van der Waals surface area contributed by atoms with Crippen molar-refractivity contribution < 1.29 is 4.79 Å². The van der Waals surface area contributed by atoms with E-state index in [-0.39, 0.29) is 5.91 Å². The maximum absolute atomic E-state index is 12.0. The van der Waals surface area contributed by atoms with Crippen LogP contribution in [0.2, 0.25) is 0 Å². The monoisotopic (exact) mass is 236 g/mol. The van der Waals surface area contributed by atoms with Crippen LogP contribution in [0.5, 0.6) is 0 Å². The van der Waals surface area contributed by atoms with Crippen LogP contribution in [0.15, 0.2) is 12.3 Å². The van der Waals surface area contributed by atoms with E-state index >= 15 is 0 Å². The second-order valence-corrected chi connectivity index (χ2v) is 5.30. The lowest BCUT2D eigenvalue weighted by Gasteiger charge is -2.35. The molecule has 1 amide bonds. The Kier molecular flexibility index (Phi) is 3.19. The lowest BCUT2D eigenvalue weighted by atomic mass is 9.92. The molecule has 0 saturated carbocycles. The Bertz CT molecular complexity index is 372. The molecule has 1 aromatic rings. The van der Waals surface area contributed by atoms with E-state index in [1.165, 1.54) is 5.69 Å². The molecule has 0 aliphatic carbocycles. The Labute approximate surface area is 101 Å². The standard InChI is InChI=1S/C12H20N4O/c1-12(2,13)11(17)16-7-4-9(5-8-16)10-3-6-14-15-10/h3,6,9H,4-5,7-8,13H2,1-2H3,(H,14,15). The molecule has 1 aliphatic heterocycles. The molecule has 5 nitrogen and oxygen atoms in total. The normalized spacial score (nSPS) is 18.4. The van der Waals surface area contributed by atoms with Gasteiger partial charge in [-0.25, -0.2) is 0 Å². The van der Waals surface area contributed by atoms with Crippen LogP contribution in [-0.2, 0) is 4.79 Å². The van der Waals surface area contributed by atoms with Crippen molar-refractivity contribution in [3.63, 3.8) is 0 Å². The summed E-state index contributed by atoms with van der Waals surface area (Å²) in [7, 11) is 0. The minimum Gasteiger partial charge on any atom is -0.341 e. The number of hydrogen-bond donors (Lipinski definition) is 2. The van der Waals surface area contributed by atoms with Crippen molar-refractivity contribution in [3.8, 4) is 0 Å². The summed E-state index contributed by atoms with van der Waals surface area (Å²) in [6.45, 7) is 5.08. The molecule has 0 radical (unpaired) electrons. The number of likely N-dealkylation sites (tertiary alicyclic amines) is 1. The smallest absolute Gasteiger partial charge is 0.242 e. The van der Waals surface area contributed by atoms with Crippen LogP contribution < -0.4 is 5.73 Å². The highest BCUT2D eigenvalue weighted by Crippen LogP contribution is 2.27. The fourth-order valence-corrected chi connectivity index (χ4v) is 2.30.